The molecular weight excluding hydrogens is 312 g/mol. The standard InChI is InChI=1S/2C5H10OS.Mo/c2*1-5(2,3)4(6)7;/h2*1-3H3,(H,6,7);. The van der Waals surface area contributed by atoms with Crippen molar-refractivity contribution in [1.82, 2.24) is 0 Å². The number of rotatable bonds is 0. The maximum absolute atomic E-state index is 8.62. The Hall–Kier alpha value is 0.468. The Bertz CT molecular complexity index is 190. The molecule has 0 amide bonds. The van der Waals surface area contributed by atoms with Gasteiger partial charge in [-0.3, -0.25) is 0 Å². The smallest absolute Gasteiger partial charge is 0.161 e. The van der Waals surface area contributed by atoms with Crippen molar-refractivity contribution in [3.05, 3.63) is 0 Å². The van der Waals surface area contributed by atoms with Crippen molar-refractivity contribution in [2.75, 3.05) is 0 Å². The molecule has 0 spiro atoms. The summed E-state index contributed by atoms with van der Waals surface area (Å²) >= 11 is 8.98. The molecule has 0 fully saturated rings. The van der Waals surface area contributed by atoms with Gasteiger partial charge in [-0.05, 0) is 24.4 Å². The summed E-state index contributed by atoms with van der Waals surface area (Å²) in [5.74, 6) is 0. The maximum Gasteiger partial charge on any atom is 0.161 e. The Morgan fingerprint density at radius 1 is 0.733 bits per heavy atom. The summed E-state index contributed by atoms with van der Waals surface area (Å²) in [5.41, 5.74) is -0.426. The van der Waals surface area contributed by atoms with E-state index < -0.39 is 0 Å². The third-order valence-electron chi connectivity index (χ3n) is 1.28. The molecule has 0 aliphatic rings. The molecule has 0 radical (unpaired) electrons. The summed E-state index contributed by atoms with van der Waals surface area (Å²) in [5, 5.41) is 17.4. The van der Waals surface area contributed by atoms with Crippen molar-refractivity contribution in [3.63, 3.8) is 0 Å². The van der Waals surface area contributed by atoms with Crippen LogP contribution in [0.15, 0.2) is 0 Å². The zero-order valence-corrected chi connectivity index (χ0v) is 13.8. The van der Waals surface area contributed by atoms with Crippen LogP contribution in [0.4, 0.5) is 0 Å². The minimum absolute atomic E-state index is 0. The van der Waals surface area contributed by atoms with E-state index in [9.17, 15) is 0 Å². The van der Waals surface area contributed by atoms with Crippen LogP contribution in [0.3, 0.4) is 0 Å². The number of thiocarbonyl (C=S) groups is 2. The van der Waals surface area contributed by atoms with Gasteiger partial charge in [0.15, 0.2) is 10.1 Å². The van der Waals surface area contributed by atoms with Gasteiger partial charge in [0.2, 0.25) is 0 Å². The molecule has 2 nitrogen and oxygen atoms in total. The third-order valence-corrected chi connectivity index (χ3v) is 2.51. The van der Waals surface area contributed by atoms with Gasteiger partial charge in [-0.1, -0.05) is 41.5 Å². The summed E-state index contributed by atoms with van der Waals surface area (Å²) in [7, 11) is 0. The average molecular weight is 332 g/mol. The molecule has 0 aromatic rings. The van der Waals surface area contributed by atoms with Crippen LogP contribution in [0.2, 0.25) is 0 Å². The largest absolute Gasteiger partial charge is 0.502 e. The Labute approximate surface area is 118 Å². The van der Waals surface area contributed by atoms with Gasteiger partial charge in [0, 0.05) is 31.9 Å². The first-order valence-corrected chi connectivity index (χ1v) is 5.17. The topological polar surface area (TPSA) is 40.5 Å². The Morgan fingerprint density at radius 3 is 0.800 bits per heavy atom. The van der Waals surface area contributed by atoms with E-state index in [4.69, 9.17) is 10.2 Å². The van der Waals surface area contributed by atoms with Crippen molar-refractivity contribution in [1.29, 1.82) is 0 Å². The average Bonchev–Trinajstić information content (AvgIpc) is 1.83. The van der Waals surface area contributed by atoms with Gasteiger partial charge in [-0.25, -0.2) is 0 Å². The van der Waals surface area contributed by atoms with Crippen LogP contribution in [0.5, 0.6) is 0 Å². The second-order valence-electron chi connectivity index (χ2n) is 5.11. The van der Waals surface area contributed by atoms with E-state index in [-0.39, 0.29) is 42.0 Å². The van der Waals surface area contributed by atoms with Gasteiger partial charge >= 0.3 is 0 Å². The molecule has 0 unspecified atom stereocenters. The summed E-state index contributed by atoms with van der Waals surface area (Å²) in [4.78, 5) is 0. The van der Waals surface area contributed by atoms with Crippen LogP contribution < -0.4 is 0 Å². The molecule has 0 saturated heterocycles. The molecule has 0 aliphatic heterocycles. The fourth-order valence-electron chi connectivity index (χ4n) is 0. The van der Waals surface area contributed by atoms with Crippen molar-refractivity contribution in [3.8, 4) is 0 Å². The summed E-state index contributed by atoms with van der Waals surface area (Å²) < 4.78 is 0. The van der Waals surface area contributed by atoms with Crippen molar-refractivity contribution in [2.45, 2.75) is 41.5 Å². The van der Waals surface area contributed by atoms with Gasteiger partial charge in [0.25, 0.3) is 0 Å². The predicted molar refractivity (Wildman–Crippen MR) is 69.4 cm³/mol. The molecule has 90 valence electrons. The van der Waals surface area contributed by atoms with E-state index >= 15 is 0 Å². The molecule has 2 N–H and O–H groups in total. The third kappa shape index (κ3) is 14.5. The fourth-order valence-corrected chi connectivity index (χ4v) is 0. The Morgan fingerprint density at radius 2 is 0.800 bits per heavy atom. The zero-order chi connectivity index (χ0) is 12.2. The molecule has 0 heterocycles. The first kappa shape index (κ1) is 20.8. The molecule has 0 bridgehead atoms. The minimum Gasteiger partial charge on any atom is -0.502 e. The summed E-state index contributed by atoms with van der Waals surface area (Å²) in [6.45, 7) is 11.2. The molecule has 0 rings (SSSR count). The van der Waals surface area contributed by atoms with Crippen molar-refractivity contribution in [2.24, 2.45) is 10.8 Å². The van der Waals surface area contributed by atoms with E-state index in [1.807, 2.05) is 41.5 Å². The zero-order valence-electron chi connectivity index (χ0n) is 10.1. The van der Waals surface area contributed by atoms with Crippen LogP contribution in [-0.4, -0.2) is 20.3 Å². The van der Waals surface area contributed by atoms with Gasteiger partial charge in [0.05, 0.1) is 0 Å². The minimum atomic E-state index is -0.213. The first-order chi connectivity index (χ1) is 5.89. The van der Waals surface area contributed by atoms with Crippen LogP contribution in [0, 0.1) is 10.8 Å². The van der Waals surface area contributed by atoms with Crippen LogP contribution in [-0.2, 0) is 21.1 Å². The second-order valence-corrected chi connectivity index (χ2v) is 5.88. The monoisotopic (exact) mass is 334 g/mol. The molecule has 0 aliphatic carbocycles. The fraction of sp³-hybridized carbons (Fsp3) is 0.800. The van der Waals surface area contributed by atoms with Gasteiger partial charge in [0.1, 0.15) is 0 Å². The van der Waals surface area contributed by atoms with Crippen molar-refractivity contribution < 1.29 is 31.3 Å². The number of hydrogen-bond donors (Lipinski definition) is 2. The van der Waals surface area contributed by atoms with Crippen molar-refractivity contribution >= 4 is 34.5 Å². The molecule has 5 heteroatoms. The maximum atomic E-state index is 8.62. The van der Waals surface area contributed by atoms with E-state index in [0.717, 1.165) is 0 Å². The predicted octanol–water partition coefficient (Wildman–Crippen LogP) is 3.83. The Balaban J connectivity index is -0.000000180. The van der Waals surface area contributed by atoms with E-state index in [0.29, 0.717) is 0 Å². The summed E-state index contributed by atoms with van der Waals surface area (Å²) in [6.07, 6.45) is 0. The molecular formula is C10H20MoO2S2. The normalized spacial score (nSPS) is 10.5. The van der Waals surface area contributed by atoms with Crippen LogP contribution in [0.1, 0.15) is 41.5 Å². The van der Waals surface area contributed by atoms with E-state index in [1.165, 1.54) is 0 Å². The SMILES string of the molecule is CC(C)(C)C(O)=S.CC(C)(C)C(O)=S.[Mo]. The van der Waals surface area contributed by atoms with Gasteiger partial charge in [-0.15, -0.1) is 0 Å². The second kappa shape index (κ2) is 7.69. The molecule has 15 heavy (non-hydrogen) atoms. The van der Waals surface area contributed by atoms with Gasteiger partial charge in [-0.2, -0.15) is 0 Å². The molecule has 0 aromatic carbocycles. The van der Waals surface area contributed by atoms with Crippen LogP contribution >= 0.6 is 24.4 Å². The molecule has 0 aromatic heterocycles. The van der Waals surface area contributed by atoms with Gasteiger partial charge < -0.3 is 10.2 Å². The quantitative estimate of drug-likeness (QED) is 0.522. The molecule has 0 atom stereocenters. The number of aliphatic hydroxyl groups excluding tert-OH is 2. The molecule has 0 saturated carbocycles. The van der Waals surface area contributed by atoms with E-state index in [2.05, 4.69) is 24.4 Å². The number of hydrogen-bond acceptors (Lipinski definition) is 2. The van der Waals surface area contributed by atoms with Crippen LogP contribution in [0.25, 0.3) is 0 Å². The Kier molecular flexibility index (Phi) is 10.7. The first-order valence-electron chi connectivity index (χ1n) is 4.36. The van der Waals surface area contributed by atoms with E-state index in [1.54, 1.807) is 0 Å². The number of aliphatic hydroxyl groups is 2. The summed E-state index contributed by atoms with van der Waals surface area (Å²) in [6, 6.07) is 0.